The summed E-state index contributed by atoms with van der Waals surface area (Å²) in [6, 6.07) is 0.314. The molecule has 2 fully saturated rings. The normalized spacial score (nSPS) is 29.2. The Morgan fingerprint density at radius 1 is 1.39 bits per heavy atom. The van der Waals surface area contributed by atoms with E-state index in [1.807, 2.05) is 20.8 Å². The lowest BCUT2D eigenvalue weighted by molar-refractivity contribution is -0.0193. The van der Waals surface area contributed by atoms with Gasteiger partial charge in [0.2, 0.25) is 0 Å². The number of aliphatic hydroxyl groups is 1. The maximum absolute atomic E-state index is 12.1. The summed E-state index contributed by atoms with van der Waals surface area (Å²) in [7, 11) is 0. The zero-order valence-corrected chi connectivity index (χ0v) is 11.6. The minimum atomic E-state index is -0.482. The first-order valence-electron chi connectivity index (χ1n) is 6.75. The van der Waals surface area contributed by atoms with Crippen LogP contribution in [0.3, 0.4) is 0 Å². The predicted octanol–water partition coefficient (Wildman–Crippen LogP) is 1.06. The van der Waals surface area contributed by atoms with Crippen molar-refractivity contribution >= 4 is 6.09 Å². The van der Waals surface area contributed by atoms with Gasteiger partial charge in [0.1, 0.15) is 5.60 Å². The van der Waals surface area contributed by atoms with Gasteiger partial charge in [-0.05, 0) is 40.2 Å². The number of carbonyl (C=O) groups is 1. The van der Waals surface area contributed by atoms with E-state index in [0.29, 0.717) is 12.6 Å². The van der Waals surface area contributed by atoms with Crippen molar-refractivity contribution in [1.29, 1.82) is 0 Å². The Balaban J connectivity index is 2.03. The zero-order chi connectivity index (χ0) is 13.3. The third kappa shape index (κ3) is 2.95. The van der Waals surface area contributed by atoms with E-state index >= 15 is 0 Å². The van der Waals surface area contributed by atoms with E-state index in [9.17, 15) is 9.90 Å². The lowest BCUT2D eigenvalue weighted by Crippen LogP contribution is -2.59. The first-order valence-corrected chi connectivity index (χ1v) is 6.75. The van der Waals surface area contributed by atoms with Crippen LogP contribution in [0.5, 0.6) is 0 Å². The van der Waals surface area contributed by atoms with E-state index in [4.69, 9.17) is 4.74 Å². The molecule has 0 spiro atoms. The summed E-state index contributed by atoms with van der Waals surface area (Å²) < 4.78 is 5.42. The van der Waals surface area contributed by atoms with Gasteiger partial charge in [0.25, 0.3) is 0 Å². The molecule has 2 heterocycles. The first-order chi connectivity index (χ1) is 8.40. The van der Waals surface area contributed by atoms with Gasteiger partial charge in [0, 0.05) is 19.1 Å². The Morgan fingerprint density at radius 2 is 2.11 bits per heavy atom. The van der Waals surface area contributed by atoms with Gasteiger partial charge in [-0.3, -0.25) is 4.90 Å². The van der Waals surface area contributed by atoms with Crippen molar-refractivity contribution in [2.45, 2.75) is 51.3 Å². The van der Waals surface area contributed by atoms with Crippen LogP contribution in [0.4, 0.5) is 4.79 Å². The summed E-state index contributed by atoms with van der Waals surface area (Å²) in [6.45, 7) is 8.13. The van der Waals surface area contributed by atoms with Gasteiger partial charge in [-0.2, -0.15) is 0 Å². The number of piperazine rings is 1. The fraction of sp³-hybridized carbons (Fsp3) is 0.923. The van der Waals surface area contributed by atoms with E-state index in [2.05, 4.69) is 4.90 Å². The van der Waals surface area contributed by atoms with Crippen LogP contribution in [-0.4, -0.2) is 64.9 Å². The third-order valence-corrected chi connectivity index (χ3v) is 3.63. The highest BCUT2D eigenvalue weighted by Crippen LogP contribution is 2.25. The van der Waals surface area contributed by atoms with Crippen LogP contribution in [0, 0.1) is 0 Å². The molecule has 0 bridgehead atoms. The van der Waals surface area contributed by atoms with Crippen LogP contribution in [-0.2, 0) is 4.74 Å². The first kappa shape index (κ1) is 13.6. The Hall–Kier alpha value is -0.810. The Kier molecular flexibility index (Phi) is 3.82. The van der Waals surface area contributed by atoms with Crippen LogP contribution in [0.1, 0.15) is 33.6 Å². The molecular weight excluding hydrogens is 232 g/mol. The zero-order valence-electron chi connectivity index (χ0n) is 11.6. The van der Waals surface area contributed by atoms with Crippen molar-refractivity contribution in [1.82, 2.24) is 9.80 Å². The molecule has 1 N–H and O–H groups in total. The van der Waals surface area contributed by atoms with Crippen LogP contribution < -0.4 is 0 Å². The van der Waals surface area contributed by atoms with Gasteiger partial charge in [-0.25, -0.2) is 4.79 Å². The molecule has 2 aliphatic rings. The van der Waals surface area contributed by atoms with Crippen LogP contribution in [0.15, 0.2) is 0 Å². The summed E-state index contributed by atoms with van der Waals surface area (Å²) >= 11 is 0. The second kappa shape index (κ2) is 5.05. The topological polar surface area (TPSA) is 53.0 Å². The van der Waals surface area contributed by atoms with Crippen LogP contribution in [0.2, 0.25) is 0 Å². The molecule has 1 amide bonds. The summed E-state index contributed by atoms with van der Waals surface area (Å²) in [5.74, 6) is 0. The molecule has 104 valence electrons. The van der Waals surface area contributed by atoms with E-state index < -0.39 is 5.60 Å². The summed E-state index contributed by atoms with van der Waals surface area (Å²) in [6.07, 6.45) is 2.02. The molecule has 18 heavy (non-hydrogen) atoms. The average Bonchev–Trinajstić information content (AvgIpc) is 2.71. The predicted molar refractivity (Wildman–Crippen MR) is 68.4 cm³/mol. The molecular formula is C13H24N2O3. The molecule has 0 unspecified atom stereocenters. The van der Waals surface area contributed by atoms with E-state index in [1.54, 1.807) is 4.90 Å². The molecule has 0 aromatic rings. The molecule has 2 atom stereocenters. The number of carbonyl (C=O) groups excluding carboxylic acids is 1. The standard InChI is InChI=1S/C13H24N2O3/c1-13(2,3)18-12(17)15-8-10-5-4-6-14(10)7-11(15)9-16/h10-11,16H,4-9H2,1-3H3/t10-,11+/m0/s1. The van der Waals surface area contributed by atoms with Gasteiger partial charge < -0.3 is 14.7 Å². The molecule has 0 radical (unpaired) electrons. The van der Waals surface area contributed by atoms with Crippen molar-refractivity contribution in [2.24, 2.45) is 0 Å². The quantitative estimate of drug-likeness (QED) is 0.762. The Morgan fingerprint density at radius 3 is 2.72 bits per heavy atom. The molecule has 2 aliphatic heterocycles. The second-order valence-corrected chi connectivity index (χ2v) is 6.26. The second-order valence-electron chi connectivity index (χ2n) is 6.26. The number of amides is 1. The van der Waals surface area contributed by atoms with Gasteiger partial charge in [-0.1, -0.05) is 0 Å². The minimum Gasteiger partial charge on any atom is -0.444 e. The van der Waals surface area contributed by atoms with Gasteiger partial charge in [0.15, 0.2) is 0 Å². The molecule has 5 nitrogen and oxygen atoms in total. The minimum absolute atomic E-state index is 0.00244. The van der Waals surface area contributed by atoms with Crippen molar-refractivity contribution in [3.05, 3.63) is 0 Å². The summed E-state index contributed by atoms with van der Waals surface area (Å²) in [4.78, 5) is 16.2. The van der Waals surface area contributed by atoms with E-state index in [1.165, 1.54) is 6.42 Å². The van der Waals surface area contributed by atoms with E-state index in [0.717, 1.165) is 19.5 Å². The van der Waals surface area contributed by atoms with Crippen LogP contribution in [0.25, 0.3) is 0 Å². The Labute approximate surface area is 109 Å². The molecule has 0 aliphatic carbocycles. The van der Waals surface area contributed by atoms with Gasteiger partial charge in [0.05, 0.1) is 12.6 Å². The number of hydrogen-bond donors (Lipinski definition) is 1. The van der Waals surface area contributed by atoms with Crippen molar-refractivity contribution in [3.63, 3.8) is 0 Å². The fourth-order valence-electron chi connectivity index (χ4n) is 2.79. The van der Waals surface area contributed by atoms with Crippen LogP contribution >= 0.6 is 0 Å². The SMILES string of the molecule is CC(C)(C)OC(=O)N1C[C@@H]2CCCN2C[C@@H]1CO. The number of aliphatic hydroxyl groups excluding tert-OH is 1. The molecule has 0 aromatic heterocycles. The number of hydrogen-bond acceptors (Lipinski definition) is 4. The Bertz CT molecular complexity index is 314. The maximum Gasteiger partial charge on any atom is 0.410 e. The monoisotopic (exact) mass is 256 g/mol. The van der Waals surface area contributed by atoms with Crippen molar-refractivity contribution < 1.29 is 14.6 Å². The highest BCUT2D eigenvalue weighted by Gasteiger charge is 2.39. The number of ether oxygens (including phenoxy) is 1. The largest absolute Gasteiger partial charge is 0.444 e. The van der Waals surface area contributed by atoms with Crippen molar-refractivity contribution in [3.8, 4) is 0 Å². The highest BCUT2D eigenvalue weighted by molar-refractivity contribution is 5.69. The smallest absolute Gasteiger partial charge is 0.410 e. The van der Waals surface area contributed by atoms with E-state index in [-0.39, 0.29) is 18.7 Å². The third-order valence-electron chi connectivity index (χ3n) is 3.63. The lowest BCUT2D eigenvalue weighted by Gasteiger charge is -2.43. The average molecular weight is 256 g/mol. The molecule has 0 saturated carbocycles. The highest BCUT2D eigenvalue weighted by atomic mass is 16.6. The van der Waals surface area contributed by atoms with Gasteiger partial charge >= 0.3 is 6.09 Å². The molecule has 2 saturated heterocycles. The number of nitrogens with zero attached hydrogens (tertiary/aromatic N) is 2. The van der Waals surface area contributed by atoms with Crippen molar-refractivity contribution in [2.75, 3.05) is 26.2 Å². The summed E-state index contributed by atoms with van der Waals surface area (Å²) in [5.41, 5.74) is -0.482. The molecule has 5 heteroatoms. The lowest BCUT2D eigenvalue weighted by atomic mass is 10.1. The summed E-state index contributed by atoms with van der Waals surface area (Å²) in [5, 5.41) is 9.45. The maximum atomic E-state index is 12.1. The number of rotatable bonds is 1. The fourth-order valence-corrected chi connectivity index (χ4v) is 2.79. The molecule has 0 aromatic carbocycles. The number of fused-ring (bicyclic) bond motifs is 1. The van der Waals surface area contributed by atoms with Gasteiger partial charge in [-0.15, -0.1) is 0 Å². The molecule has 2 rings (SSSR count).